The number of nitrogens with zero attached hydrogens (tertiary/aromatic N) is 1. The number of aliphatic imine (C=N–C) groups is 1. The largest absolute Gasteiger partial charge is 0.244 e. The van der Waals surface area contributed by atoms with Crippen molar-refractivity contribution >= 4 is 36.5 Å². The lowest BCUT2D eigenvalue weighted by Gasteiger charge is -2.20. The van der Waals surface area contributed by atoms with Crippen LogP contribution in [0.2, 0.25) is 0 Å². The minimum atomic E-state index is -0.523. The van der Waals surface area contributed by atoms with Crippen LogP contribution in [0.15, 0.2) is 63.3 Å². The van der Waals surface area contributed by atoms with Gasteiger partial charge < -0.3 is 0 Å². The van der Waals surface area contributed by atoms with Gasteiger partial charge in [0.25, 0.3) is 0 Å². The van der Waals surface area contributed by atoms with E-state index in [-0.39, 0.29) is 24.2 Å². The zero-order chi connectivity index (χ0) is 18.4. The summed E-state index contributed by atoms with van der Waals surface area (Å²) in [5.74, 6) is -0.940. The molecular weight excluding hydrogens is 440 g/mol. The summed E-state index contributed by atoms with van der Waals surface area (Å²) >= 11 is 6.95. The molecule has 1 nitrogen and oxygen atoms in total. The number of allylic oxidation sites excluding steroid dienone is 8. The highest BCUT2D eigenvalue weighted by atomic mass is 79.9. The molecule has 0 aromatic heterocycles. The monoisotopic (exact) mass is 461 g/mol. The Labute approximate surface area is 160 Å². The summed E-state index contributed by atoms with van der Waals surface area (Å²) in [6, 6.07) is 0. The summed E-state index contributed by atoms with van der Waals surface area (Å²) < 4.78 is 28.4. The lowest BCUT2D eigenvalue weighted by molar-refractivity contribution is 0.508. The number of rotatable bonds is 6. The quantitative estimate of drug-likeness (QED) is 0.285. The fraction of sp³-hybridized carbons (Fsp3) is 0.421. The van der Waals surface area contributed by atoms with Crippen LogP contribution < -0.4 is 0 Å². The van der Waals surface area contributed by atoms with Crippen molar-refractivity contribution in [2.45, 2.75) is 34.1 Å². The highest BCUT2D eigenvalue weighted by Gasteiger charge is 2.19. The van der Waals surface area contributed by atoms with E-state index < -0.39 is 11.7 Å². The summed E-state index contributed by atoms with van der Waals surface area (Å²) in [5, 5.41) is 0. The predicted octanol–water partition coefficient (Wildman–Crippen LogP) is 7.54. The summed E-state index contributed by atoms with van der Waals surface area (Å²) in [5.41, 5.74) is 1.70. The predicted molar refractivity (Wildman–Crippen MR) is 107 cm³/mol. The highest BCUT2D eigenvalue weighted by Crippen LogP contribution is 2.32. The van der Waals surface area contributed by atoms with Crippen LogP contribution in [0.4, 0.5) is 8.78 Å². The van der Waals surface area contributed by atoms with E-state index in [1.165, 1.54) is 6.08 Å². The van der Waals surface area contributed by atoms with Gasteiger partial charge in [-0.1, -0.05) is 48.5 Å². The molecule has 0 heterocycles. The van der Waals surface area contributed by atoms with Crippen LogP contribution in [-0.4, -0.2) is 4.62 Å². The van der Waals surface area contributed by atoms with Crippen LogP contribution in [0.25, 0.3) is 0 Å². The van der Waals surface area contributed by atoms with Crippen molar-refractivity contribution in [1.29, 1.82) is 0 Å². The Morgan fingerprint density at radius 2 is 1.96 bits per heavy atom. The fourth-order valence-electron chi connectivity index (χ4n) is 2.34. The number of halogens is 4. The van der Waals surface area contributed by atoms with Crippen LogP contribution in [0, 0.1) is 17.8 Å². The molecule has 2 unspecified atom stereocenters. The van der Waals surface area contributed by atoms with Crippen LogP contribution in [0.5, 0.6) is 0 Å². The van der Waals surface area contributed by atoms with Gasteiger partial charge in [0.15, 0.2) is 0 Å². The third-order valence-corrected chi connectivity index (χ3v) is 4.88. The van der Waals surface area contributed by atoms with Crippen molar-refractivity contribution in [2.75, 3.05) is 0 Å². The van der Waals surface area contributed by atoms with Crippen molar-refractivity contribution in [1.82, 2.24) is 0 Å². The zero-order valence-corrected chi connectivity index (χ0v) is 17.6. The molecule has 0 N–H and O–H groups in total. The Hall–Kier alpha value is -0.810. The van der Waals surface area contributed by atoms with Gasteiger partial charge in [0, 0.05) is 28.8 Å². The Kier molecular flexibility index (Phi) is 8.51. The number of hydrogen-bond donors (Lipinski definition) is 0. The van der Waals surface area contributed by atoms with Crippen molar-refractivity contribution in [3.05, 3.63) is 58.3 Å². The fourth-order valence-corrected chi connectivity index (χ4v) is 2.89. The second-order valence-corrected chi connectivity index (χ2v) is 8.21. The Bertz CT molecular complexity index is 636. The molecule has 0 aliphatic heterocycles. The molecular formula is C19H23Br2F2N. The molecule has 5 heteroatoms. The molecule has 0 bridgehead atoms. The smallest absolute Gasteiger partial charge is 0.122 e. The first-order chi connectivity index (χ1) is 11.1. The molecule has 1 aliphatic rings. The van der Waals surface area contributed by atoms with Crippen LogP contribution >= 0.6 is 31.9 Å². The SMILES string of the molecule is C=C(C)C(Br)=N/C(=C(\C)Br)C(/C=C\C1C=C(F)C=C(F)C1)C(C)C. The molecule has 1 aliphatic carbocycles. The molecule has 0 saturated carbocycles. The molecule has 0 amide bonds. The first-order valence-corrected chi connectivity index (χ1v) is 9.38. The van der Waals surface area contributed by atoms with Gasteiger partial charge in [-0.15, -0.1) is 0 Å². The topological polar surface area (TPSA) is 12.4 Å². The van der Waals surface area contributed by atoms with Crippen molar-refractivity contribution in [3.63, 3.8) is 0 Å². The molecule has 0 aromatic rings. The van der Waals surface area contributed by atoms with Gasteiger partial charge in [-0.25, -0.2) is 13.8 Å². The van der Waals surface area contributed by atoms with Gasteiger partial charge in [0.05, 0.1) is 5.70 Å². The van der Waals surface area contributed by atoms with Crippen LogP contribution in [0.1, 0.15) is 34.1 Å². The zero-order valence-electron chi connectivity index (χ0n) is 14.4. The van der Waals surface area contributed by atoms with E-state index in [9.17, 15) is 8.78 Å². The molecule has 24 heavy (non-hydrogen) atoms. The van der Waals surface area contributed by atoms with Gasteiger partial charge in [-0.05, 0) is 47.3 Å². The summed E-state index contributed by atoms with van der Waals surface area (Å²) in [7, 11) is 0. The second kappa shape index (κ2) is 9.62. The molecule has 0 radical (unpaired) electrons. The van der Waals surface area contributed by atoms with E-state index >= 15 is 0 Å². The van der Waals surface area contributed by atoms with Gasteiger partial charge in [0.1, 0.15) is 16.3 Å². The van der Waals surface area contributed by atoms with E-state index in [0.29, 0.717) is 4.62 Å². The first-order valence-electron chi connectivity index (χ1n) is 7.79. The van der Waals surface area contributed by atoms with Gasteiger partial charge in [-0.2, -0.15) is 0 Å². The lowest BCUT2D eigenvalue weighted by Crippen LogP contribution is -2.11. The van der Waals surface area contributed by atoms with E-state index in [1.807, 2.05) is 26.0 Å². The maximum Gasteiger partial charge on any atom is 0.122 e. The van der Waals surface area contributed by atoms with Gasteiger partial charge in [0.2, 0.25) is 0 Å². The molecule has 1 rings (SSSR count). The van der Waals surface area contributed by atoms with Crippen LogP contribution in [0.3, 0.4) is 0 Å². The Balaban J connectivity index is 3.12. The van der Waals surface area contributed by atoms with E-state index in [1.54, 1.807) is 0 Å². The average Bonchev–Trinajstić information content (AvgIpc) is 2.44. The molecule has 0 fully saturated rings. The lowest BCUT2D eigenvalue weighted by atomic mass is 9.89. The summed E-state index contributed by atoms with van der Waals surface area (Å²) in [4.78, 5) is 4.63. The van der Waals surface area contributed by atoms with Gasteiger partial charge in [-0.3, -0.25) is 0 Å². The molecule has 132 valence electrons. The van der Waals surface area contributed by atoms with Gasteiger partial charge >= 0.3 is 0 Å². The minimum absolute atomic E-state index is 0.0155. The Morgan fingerprint density at radius 3 is 2.42 bits per heavy atom. The summed E-state index contributed by atoms with van der Waals surface area (Å²) in [6.45, 7) is 11.9. The molecule has 0 saturated heterocycles. The molecule has 0 spiro atoms. The summed E-state index contributed by atoms with van der Waals surface area (Å²) in [6.07, 6.45) is 6.41. The maximum absolute atomic E-state index is 13.4. The normalized spacial score (nSPS) is 21.5. The van der Waals surface area contributed by atoms with E-state index in [4.69, 9.17) is 0 Å². The first kappa shape index (κ1) is 21.2. The average molecular weight is 463 g/mol. The number of hydrogen-bond acceptors (Lipinski definition) is 1. The minimum Gasteiger partial charge on any atom is -0.244 e. The standard InChI is InChI=1S/C19H23Br2F2N/c1-11(2)17(18(13(5)20)24-19(21)12(3)4)7-6-14-8-15(22)10-16(23)9-14/h6-8,10-11,14,17H,3,9H2,1-2,4-5H3/b7-6-,18-13+,24-19?. The third-order valence-electron chi connectivity index (χ3n) is 3.62. The molecule has 2 atom stereocenters. The van der Waals surface area contributed by atoms with Crippen molar-refractivity contribution in [3.8, 4) is 0 Å². The van der Waals surface area contributed by atoms with E-state index in [2.05, 4.69) is 57.3 Å². The van der Waals surface area contributed by atoms with Crippen molar-refractivity contribution in [2.24, 2.45) is 22.7 Å². The molecule has 0 aromatic carbocycles. The second-order valence-electron chi connectivity index (χ2n) is 6.27. The Morgan fingerprint density at radius 1 is 1.33 bits per heavy atom. The van der Waals surface area contributed by atoms with E-state index in [0.717, 1.165) is 21.8 Å². The maximum atomic E-state index is 13.4. The highest BCUT2D eigenvalue weighted by molar-refractivity contribution is 9.18. The third kappa shape index (κ3) is 6.60. The van der Waals surface area contributed by atoms with Crippen molar-refractivity contribution < 1.29 is 8.78 Å². The van der Waals surface area contributed by atoms with Crippen LogP contribution in [-0.2, 0) is 0 Å².